The van der Waals surface area contributed by atoms with Crippen LogP contribution in [0, 0.1) is 5.82 Å². The number of aromatic nitrogens is 2. The topological polar surface area (TPSA) is 106 Å². The van der Waals surface area contributed by atoms with Crippen molar-refractivity contribution in [1.82, 2.24) is 14.9 Å². The van der Waals surface area contributed by atoms with Crippen LogP contribution in [0.5, 0.6) is 0 Å². The zero-order valence-electron chi connectivity index (χ0n) is 18.6. The molecule has 3 aromatic rings. The van der Waals surface area contributed by atoms with Gasteiger partial charge in [-0.3, -0.25) is 19.5 Å². The fourth-order valence-corrected chi connectivity index (χ4v) is 5.79. The zero-order chi connectivity index (χ0) is 24.1. The Bertz CT molecular complexity index is 1430. The molecule has 3 aliphatic rings. The summed E-state index contributed by atoms with van der Waals surface area (Å²) in [7, 11) is 0. The summed E-state index contributed by atoms with van der Waals surface area (Å²) < 4.78 is 21.7. The molecule has 0 aliphatic carbocycles. The number of hydrogen-bond donors (Lipinski definition) is 2. The number of nitrogens with one attached hydrogen (secondary N) is 2. The van der Waals surface area contributed by atoms with Gasteiger partial charge in [-0.05, 0) is 37.2 Å². The second kappa shape index (κ2) is 8.65. The van der Waals surface area contributed by atoms with E-state index in [0.717, 1.165) is 4.90 Å². The van der Waals surface area contributed by atoms with Crippen LogP contribution in [0.25, 0.3) is 11.0 Å². The number of fused-ring (bicyclic) bond motifs is 1. The minimum absolute atomic E-state index is 0.0617. The smallest absolute Gasteiger partial charge is 0.414 e. The Hall–Kier alpha value is -3.44. The number of benzene rings is 1. The van der Waals surface area contributed by atoms with Crippen molar-refractivity contribution in [2.24, 2.45) is 0 Å². The number of rotatable bonds is 6. The number of anilines is 2. The second-order valence-corrected chi connectivity index (χ2v) is 9.88. The van der Waals surface area contributed by atoms with Crippen molar-refractivity contribution in [3.8, 4) is 0 Å². The highest BCUT2D eigenvalue weighted by Crippen LogP contribution is 2.36. The molecule has 2 N–H and O–H groups in total. The molecule has 3 aliphatic heterocycles. The molecule has 2 atom stereocenters. The van der Waals surface area contributed by atoms with Gasteiger partial charge in [-0.15, -0.1) is 11.8 Å². The van der Waals surface area contributed by atoms with Crippen LogP contribution in [-0.2, 0) is 16.1 Å². The van der Waals surface area contributed by atoms with Crippen LogP contribution >= 0.6 is 11.8 Å². The number of pyridine rings is 2. The van der Waals surface area contributed by atoms with E-state index >= 15 is 0 Å². The van der Waals surface area contributed by atoms with E-state index in [0.29, 0.717) is 66.3 Å². The summed E-state index contributed by atoms with van der Waals surface area (Å²) in [6.45, 7) is 1.84. The first-order valence-electron chi connectivity index (χ1n) is 11.4. The van der Waals surface area contributed by atoms with Crippen LogP contribution < -0.4 is 21.1 Å². The lowest BCUT2D eigenvalue weighted by atomic mass is 9.97. The molecule has 35 heavy (non-hydrogen) atoms. The van der Waals surface area contributed by atoms with Crippen LogP contribution in [0.15, 0.2) is 46.2 Å². The molecule has 0 spiro atoms. The summed E-state index contributed by atoms with van der Waals surface area (Å²) in [6.07, 6.45) is 1.08. The SMILES string of the molecule is O=C1CSc2ccc(N3C[C@H](CNCCC4Cn5c(=O)ccc6ncc(F)c4c65)OC3=O)cc2N1. The molecule has 6 rings (SSSR count). The molecular weight excluding hydrogens is 473 g/mol. The number of nitrogens with zero attached hydrogens (tertiary/aromatic N) is 3. The minimum atomic E-state index is -0.432. The van der Waals surface area contributed by atoms with Crippen LogP contribution in [0.3, 0.4) is 0 Å². The fourth-order valence-electron chi connectivity index (χ4n) is 5.00. The summed E-state index contributed by atoms with van der Waals surface area (Å²) in [6, 6.07) is 8.64. The standard InChI is InChI=1S/C24H22FN5O4S/c25-16-9-27-17-2-4-21(32)30-10-13(22(16)23(17)30)5-6-26-8-15-11-29(24(33)34-15)14-1-3-19-18(7-14)28-20(31)12-35-19/h1-4,7,9,13,15,26H,5-6,8,10-12H2,(H,28,31)/t13?,15-/m0/s1. The van der Waals surface area contributed by atoms with Gasteiger partial charge in [0.05, 0.1) is 35.2 Å². The highest BCUT2D eigenvalue weighted by atomic mass is 32.2. The van der Waals surface area contributed by atoms with Crippen molar-refractivity contribution >= 4 is 46.2 Å². The van der Waals surface area contributed by atoms with E-state index in [1.807, 2.05) is 12.1 Å². The highest BCUT2D eigenvalue weighted by Gasteiger charge is 2.33. The third kappa shape index (κ3) is 3.94. The third-order valence-corrected chi connectivity index (χ3v) is 7.70. The molecule has 9 nitrogen and oxygen atoms in total. The number of thioether (sulfide) groups is 1. The van der Waals surface area contributed by atoms with Crippen molar-refractivity contribution in [2.75, 3.05) is 35.6 Å². The predicted octanol–water partition coefficient (Wildman–Crippen LogP) is 2.68. The molecule has 1 fully saturated rings. The first kappa shape index (κ1) is 22.1. The van der Waals surface area contributed by atoms with E-state index in [2.05, 4.69) is 15.6 Å². The summed E-state index contributed by atoms with van der Waals surface area (Å²) in [5, 5.41) is 6.14. The lowest BCUT2D eigenvalue weighted by Gasteiger charge is -2.20. The lowest BCUT2D eigenvalue weighted by Crippen LogP contribution is -2.32. The zero-order valence-corrected chi connectivity index (χ0v) is 19.4. The molecule has 11 heteroatoms. The van der Waals surface area contributed by atoms with E-state index in [4.69, 9.17) is 4.74 Å². The number of carbonyl (C=O) groups excluding carboxylic acids is 2. The van der Waals surface area contributed by atoms with Crippen molar-refractivity contribution in [3.05, 3.63) is 58.3 Å². The van der Waals surface area contributed by atoms with E-state index in [-0.39, 0.29) is 29.3 Å². The Labute approximate surface area is 203 Å². The van der Waals surface area contributed by atoms with E-state index in [1.165, 1.54) is 24.0 Å². The normalized spacial score (nSPS) is 20.8. The van der Waals surface area contributed by atoms with Gasteiger partial charge in [0.2, 0.25) is 5.91 Å². The van der Waals surface area contributed by atoms with Crippen LogP contribution in [0.1, 0.15) is 17.9 Å². The molecule has 5 heterocycles. The summed E-state index contributed by atoms with van der Waals surface area (Å²) in [5.74, 6) is -0.198. The monoisotopic (exact) mass is 495 g/mol. The summed E-state index contributed by atoms with van der Waals surface area (Å²) >= 11 is 1.47. The van der Waals surface area contributed by atoms with Crippen LogP contribution in [0.4, 0.5) is 20.6 Å². The van der Waals surface area contributed by atoms with Gasteiger partial charge >= 0.3 is 6.09 Å². The maximum Gasteiger partial charge on any atom is 0.414 e. The fraction of sp³-hybridized carbons (Fsp3) is 0.333. The van der Waals surface area contributed by atoms with E-state index < -0.39 is 6.09 Å². The van der Waals surface area contributed by atoms with E-state index in [1.54, 1.807) is 21.6 Å². The second-order valence-electron chi connectivity index (χ2n) is 8.86. The molecular formula is C24H22FN5O4S. The Morgan fingerprint density at radius 2 is 2.09 bits per heavy atom. The molecule has 1 aromatic carbocycles. The highest BCUT2D eigenvalue weighted by molar-refractivity contribution is 8.00. The molecule has 2 aromatic heterocycles. The van der Waals surface area contributed by atoms with Gasteiger partial charge in [0.1, 0.15) is 11.9 Å². The van der Waals surface area contributed by atoms with Gasteiger partial charge in [0.25, 0.3) is 5.56 Å². The van der Waals surface area contributed by atoms with Gasteiger partial charge < -0.3 is 19.9 Å². The van der Waals surface area contributed by atoms with E-state index in [9.17, 15) is 18.8 Å². The Balaban J connectivity index is 1.06. The van der Waals surface area contributed by atoms with Crippen molar-refractivity contribution in [3.63, 3.8) is 0 Å². The Kier molecular flexibility index (Phi) is 5.45. The van der Waals surface area contributed by atoms with Gasteiger partial charge in [0, 0.05) is 41.2 Å². The molecule has 0 bridgehead atoms. The lowest BCUT2D eigenvalue weighted by molar-refractivity contribution is -0.113. The molecule has 0 saturated carbocycles. The molecule has 0 radical (unpaired) electrons. The quantitative estimate of drug-likeness (QED) is 0.507. The number of carbonyl (C=O) groups is 2. The number of amides is 2. The van der Waals surface area contributed by atoms with Crippen molar-refractivity contribution in [2.45, 2.75) is 29.9 Å². The molecule has 2 amide bonds. The average Bonchev–Trinajstić information content (AvgIpc) is 3.42. The summed E-state index contributed by atoms with van der Waals surface area (Å²) in [4.78, 5) is 43.0. The van der Waals surface area contributed by atoms with Crippen LogP contribution in [-0.4, -0.2) is 53.0 Å². The number of hydrogen-bond acceptors (Lipinski definition) is 7. The van der Waals surface area contributed by atoms with Crippen molar-refractivity contribution < 1.29 is 18.7 Å². The van der Waals surface area contributed by atoms with Gasteiger partial charge in [-0.2, -0.15) is 0 Å². The van der Waals surface area contributed by atoms with Crippen molar-refractivity contribution in [1.29, 1.82) is 0 Å². The van der Waals surface area contributed by atoms with Gasteiger partial charge in [-0.1, -0.05) is 0 Å². The Morgan fingerprint density at radius 3 is 2.97 bits per heavy atom. The van der Waals surface area contributed by atoms with Gasteiger partial charge in [-0.25, -0.2) is 9.18 Å². The number of halogens is 1. The average molecular weight is 496 g/mol. The minimum Gasteiger partial charge on any atom is -0.443 e. The molecule has 1 saturated heterocycles. The van der Waals surface area contributed by atoms with Crippen LogP contribution in [0.2, 0.25) is 0 Å². The first-order valence-corrected chi connectivity index (χ1v) is 12.4. The maximum atomic E-state index is 14.6. The predicted molar refractivity (Wildman–Crippen MR) is 130 cm³/mol. The first-order chi connectivity index (χ1) is 17.0. The number of cyclic esters (lactones) is 1. The Morgan fingerprint density at radius 1 is 1.20 bits per heavy atom. The molecule has 1 unspecified atom stereocenters. The number of ether oxygens (including phenoxy) is 1. The summed E-state index contributed by atoms with van der Waals surface area (Å²) in [5.41, 5.74) is 2.97. The van der Waals surface area contributed by atoms with Gasteiger partial charge in [0.15, 0.2) is 0 Å². The largest absolute Gasteiger partial charge is 0.443 e. The molecule has 180 valence electrons. The maximum absolute atomic E-state index is 14.6. The third-order valence-electron chi connectivity index (χ3n) is 6.63.